The van der Waals surface area contributed by atoms with Crippen LogP contribution >= 0.6 is 22.7 Å². The molecule has 0 aliphatic carbocycles. The Morgan fingerprint density at radius 3 is 2.83 bits per heavy atom. The summed E-state index contributed by atoms with van der Waals surface area (Å²) < 4.78 is 18.9. The Hall–Kier alpha value is -2.77. The minimum atomic E-state index is -0.292. The van der Waals surface area contributed by atoms with Gasteiger partial charge < -0.3 is 9.32 Å². The number of carbonyl (C=O) groups is 1. The Bertz CT molecular complexity index is 1150. The maximum atomic E-state index is 13.1. The third-order valence-electron chi connectivity index (χ3n) is 5.33. The van der Waals surface area contributed by atoms with Gasteiger partial charge in [-0.25, -0.2) is 9.37 Å². The van der Waals surface area contributed by atoms with Crippen LogP contribution in [0.25, 0.3) is 11.3 Å². The van der Waals surface area contributed by atoms with Crippen molar-refractivity contribution >= 4 is 28.6 Å². The number of amides is 1. The molecule has 3 aromatic heterocycles. The number of fused-ring (bicyclic) bond motifs is 1. The molecule has 4 aromatic rings. The number of aromatic nitrogens is 1. The van der Waals surface area contributed by atoms with Crippen molar-refractivity contribution in [2.45, 2.75) is 25.3 Å². The van der Waals surface area contributed by atoms with Crippen LogP contribution in [-0.2, 0) is 17.6 Å². The molecule has 0 radical (unpaired) electrons. The van der Waals surface area contributed by atoms with Crippen LogP contribution in [0.15, 0.2) is 63.8 Å². The molecule has 0 bridgehead atoms. The van der Waals surface area contributed by atoms with Crippen LogP contribution in [0, 0.1) is 5.82 Å². The molecule has 1 aliphatic heterocycles. The maximum absolute atomic E-state index is 13.1. The summed E-state index contributed by atoms with van der Waals surface area (Å²) in [6.07, 6.45) is 3.29. The van der Waals surface area contributed by atoms with Gasteiger partial charge in [0.25, 0.3) is 0 Å². The first-order chi connectivity index (χ1) is 14.7. The number of benzene rings is 1. The quantitative estimate of drug-likeness (QED) is 0.401. The van der Waals surface area contributed by atoms with Crippen LogP contribution in [0.5, 0.6) is 0 Å². The molecule has 5 rings (SSSR count). The van der Waals surface area contributed by atoms with Crippen molar-refractivity contribution in [2.75, 3.05) is 6.54 Å². The molecule has 1 unspecified atom stereocenters. The summed E-state index contributed by atoms with van der Waals surface area (Å²) >= 11 is 3.46. The number of hydrogen-bond acceptors (Lipinski definition) is 5. The minimum absolute atomic E-state index is 0.00756. The Morgan fingerprint density at radius 1 is 1.17 bits per heavy atom. The van der Waals surface area contributed by atoms with Gasteiger partial charge in [-0.2, -0.15) is 0 Å². The highest BCUT2D eigenvalue weighted by Crippen LogP contribution is 2.39. The van der Waals surface area contributed by atoms with E-state index >= 15 is 0 Å². The maximum Gasteiger partial charge on any atom is 0.223 e. The summed E-state index contributed by atoms with van der Waals surface area (Å²) in [5.74, 6) is 0.907. The summed E-state index contributed by atoms with van der Waals surface area (Å²) in [6.45, 7) is 0.724. The molecule has 0 fully saturated rings. The topological polar surface area (TPSA) is 46.3 Å². The summed E-state index contributed by atoms with van der Waals surface area (Å²) in [4.78, 5) is 22.0. The van der Waals surface area contributed by atoms with E-state index in [2.05, 4.69) is 27.9 Å². The van der Waals surface area contributed by atoms with E-state index in [0.717, 1.165) is 18.5 Å². The number of hydrogen-bond donors (Lipinski definition) is 0. The Labute approximate surface area is 181 Å². The zero-order valence-electron chi connectivity index (χ0n) is 16.1. The average Bonchev–Trinajstić information content (AvgIpc) is 3.53. The molecule has 4 nitrogen and oxygen atoms in total. The van der Waals surface area contributed by atoms with Crippen LogP contribution < -0.4 is 0 Å². The molecule has 4 heterocycles. The Kier molecular flexibility index (Phi) is 5.23. The van der Waals surface area contributed by atoms with E-state index in [0.29, 0.717) is 24.5 Å². The molecule has 7 heteroatoms. The summed E-state index contributed by atoms with van der Waals surface area (Å²) in [7, 11) is 0. The van der Waals surface area contributed by atoms with Crippen molar-refractivity contribution in [2.24, 2.45) is 0 Å². The standard InChI is InChI=1S/C23H19FN2O2S2/c24-16-5-3-15(4-6-16)18-14-25-21(28-18)7-8-22(27)26-11-9-19-17(10-13-30-19)23(26)20-2-1-12-29-20/h1-6,10,12-14,23H,7-9,11H2. The van der Waals surface area contributed by atoms with Gasteiger partial charge in [0, 0.05) is 34.7 Å². The second-order valence-corrected chi connectivity index (χ2v) is 9.16. The lowest BCUT2D eigenvalue weighted by molar-refractivity contribution is -0.133. The Morgan fingerprint density at radius 2 is 2.03 bits per heavy atom. The van der Waals surface area contributed by atoms with Crippen LogP contribution in [0.2, 0.25) is 0 Å². The number of halogens is 1. The lowest BCUT2D eigenvalue weighted by Crippen LogP contribution is -2.39. The van der Waals surface area contributed by atoms with Crippen LogP contribution in [0.1, 0.15) is 33.7 Å². The van der Waals surface area contributed by atoms with Gasteiger partial charge in [-0.1, -0.05) is 6.07 Å². The molecule has 0 spiro atoms. The zero-order valence-corrected chi connectivity index (χ0v) is 17.7. The highest BCUT2D eigenvalue weighted by atomic mass is 32.1. The number of rotatable bonds is 5. The van der Waals surface area contributed by atoms with Crippen LogP contribution in [-0.4, -0.2) is 22.3 Å². The third-order valence-corrected chi connectivity index (χ3v) is 7.26. The second-order valence-electron chi connectivity index (χ2n) is 7.18. The van der Waals surface area contributed by atoms with Crippen molar-refractivity contribution in [3.05, 3.63) is 86.4 Å². The first-order valence-electron chi connectivity index (χ1n) is 9.79. The van der Waals surface area contributed by atoms with Gasteiger partial charge in [-0.3, -0.25) is 4.79 Å². The first-order valence-corrected chi connectivity index (χ1v) is 11.5. The van der Waals surface area contributed by atoms with Gasteiger partial charge in [0.15, 0.2) is 11.7 Å². The highest BCUT2D eigenvalue weighted by Gasteiger charge is 2.33. The van der Waals surface area contributed by atoms with Gasteiger partial charge in [0.2, 0.25) is 5.91 Å². The number of thiophene rings is 2. The van der Waals surface area contributed by atoms with Gasteiger partial charge in [0.05, 0.1) is 12.2 Å². The van der Waals surface area contributed by atoms with Gasteiger partial charge in [-0.05, 0) is 59.1 Å². The van der Waals surface area contributed by atoms with E-state index in [1.165, 1.54) is 27.5 Å². The van der Waals surface area contributed by atoms with E-state index in [9.17, 15) is 9.18 Å². The fourth-order valence-electron chi connectivity index (χ4n) is 3.87. The number of carbonyl (C=O) groups excluding carboxylic acids is 1. The SMILES string of the molecule is O=C(CCc1ncc(-c2ccc(F)cc2)o1)N1CCc2sccc2C1c1cccs1. The lowest BCUT2D eigenvalue weighted by atomic mass is 9.98. The molecular formula is C23H19FN2O2S2. The van der Waals surface area contributed by atoms with Crippen molar-refractivity contribution in [3.63, 3.8) is 0 Å². The molecule has 30 heavy (non-hydrogen) atoms. The predicted molar refractivity (Wildman–Crippen MR) is 116 cm³/mol. The molecule has 0 saturated carbocycles. The fourth-order valence-corrected chi connectivity index (χ4v) is 5.63. The van der Waals surface area contributed by atoms with Gasteiger partial charge >= 0.3 is 0 Å². The van der Waals surface area contributed by atoms with Crippen LogP contribution in [0.4, 0.5) is 4.39 Å². The van der Waals surface area contributed by atoms with E-state index in [-0.39, 0.29) is 17.8 Å². The van der Waals surface area contributed by atoms with Crippen molar-refractivity contribution < 1.29 is 13.6 Å². The number of nitrogens with zero attached hydrogens (tertiary/aromatic N) is 2. The van der Waals surface area contributed by atoms with E-state index in [1.54, 1.807) is 41.0 Å². The first kappa shape index (κ1) is 19.2. The highest BCUT2D eigenvalue weighted by molar-refractivity contribution is 7.10. The third kappa shape index (κ3) is 3.70. The van der Waals surface area contributed by atoms with Crippen molar-refractivity contribution in [1.82, 2.24) is 9.88 Å². The average molecular weight is 439 g/mol. The monoisotopic (exact) mass is 438 g/mol. The molecule has 0 saturated heterocycles. The summed E-state index contributed by atoms with van der Waals surface area (Å²) in [6, 6.07) is 12.4. The molecule has 1 aromatic carbocycles. The van der Waals surface area contributed by atoms with Crippen molar-refractivity contribution in [3.8, 4) is 11.3 Å². The zero-order chi connectivity index (χ0) is 20.5. The smallest absolute Gasteiger partial charge is 0.223 e. The van der Waals surface area contributed by atoms with E-state index in [1.807, 2.05) is 11.0 Å². The van der Waals surface area contributed by atoms with Gasteiger partial charge in [-0.15, -0.1) is 22.7 Å². The molecule has 1 atom stereocenters. The summed E-state index contributed by atoms with van der Waals surface area (Å²) in [5.41, 5.74) is 2.01. The lowest BCUT2D eigenvalue weighted by Gasteiger charge is -2.35. The normalized spacial score (nSPS) is 15.9. The van der Waals surface area contributed by atoms with E-state index < -0.39 is 0 Å². The number of oxazole rings is 1. The molecule has 1 amide bonds. The molecule has 0 N–H and O–H groups in total. The van der Waals surface area contributed by atoms with Crippen LogP contribution in [0.3, 0.4) is 0 Å². The molecular weight excluding hydrogens is 419 g/mol. The fraction of sp³-hybridized carbons (Fsp3) is 0.217. The molecule has 152 valence electrons. The van der Waals surface area contributed by atoms with Gasteiger partial charge in [0.1, 0.15) is 5.82 Å². The van der Waals surface area contributed by atoms with E-state index in [4.69, 9.17) is 4.42 Å². The molecule has 1 aliphatic rings. The summed E-state index contributed by atoms with van der Waals surface area (Å²) in [5, 5.41) is 4.17. The number of aryl methyl sites for hydroxylation is 1. The Balaban J connectivity index is 1.30. The second kappa shape index (κ2) is 8.16. The largest absolute Gasteiger partial charge is 0.441 e. The minimum Gasteiger partial charge on any atom is -0.441 e. The predicted octanol–water partition coefficient (Wildman–Crippen LogP) is 5.71. The van der Waals surface area contributed by atoms with Crippen molar-refractivity contribution in [1.29, 1.82) is 0 Å².